The van der Waals surface area contributed by atoms with Crippen molar-refractivity contribution in [2.45, 2.75) is 19.5 Å². The molecule has 5 heterocycles. The Bertz CT molecular complexity index is 2280. The van der Waals surface area contributed by atoms with Crippen LogP contribution in [0, 0.1) is 20.2 Å². The van der Waals surface area contributed by atoms with Gasteiger partial charge in [0.25, 0.3) is 11.4 Å². The quantitative estimate of drug-likeness (QED) is 0.0890. The molecular formula is C36H31ClN8O5S. The van der Waals surface area contributed by atoms with Gasteiger partial charge in [0.15, 0.2) is 4.96 Å². The number of hydrogen-bond donors (Lipinski definition) is 0. The van der Waals surface area contributed by atoms with Gasteiger partial charge in [-0.05, 0) is 17.7 Å². The molecule has 1 saturated heterocycles. The van der Waals surface area contributed by atoms with E-state index in [9.17, 15) is 25.0 Å². The van der Waals surface area contributed by atoms with E-state index >= 15 is 0 Å². The highest BCUT2D eigenvalue weighted by atomic mass is 35.5. The van der Waals surface area contributed by atoms with Crippen LogP contribution in [0.1, 0.15) is 17.1 Å². The van der Waals surface area contributed by atoms with Gasteiger partial charge >= 0.3 is 0 Å². The Kier molecular flexibility index (Phi) is 9.70. The number of aromatic nitrogens is 4. The van der Waals surface area contributed by atoms with Gasteiger partial charge in [-0.3, -0.25) is 34.3 Å². The van der Waals surface area contributed by atoms with Crippen LogP contribution in [0.4, 0.5) is 11.4 Å². The molecule has 0 spiro atoms. The van der Waals surface area contributed by atoms with Crippen molar-refractivity contribution < 1.29 is 14.6 Å². The number of nitro benzene ring substituents is 2. The van der Waals surface area contributed by atoms with Crippen LogP contribution in [0.15, 0.2) is 103 Å². The van der Waals surface area contributed by atoms with Gasteiger partial charge in [-0.1, -0.05) is 60.7 Å². The second kappa shape index (κ2) is 14.6. The minimum atomic E-state index is -0.392. The van der Waals surface area contributed by atoms with E-state index in [1.165, 1.54) is 29.0 Å². The van der Waals surface area contributed by atoms with Gasteiger partial charge in [0.1, 0.15) is 5.82 Å². The monoisotopic (exact) mass is 722 g/mol. The zero-order valence-electron chi connectivity index (χ0n) is 27.2. The SMILES string of the molecule is O=C1CN(Cc2ccccc2)CCN1Cc1csc2nc(-c3ccccc3[N+](=O)[O-])cn12.O=[N+]([O-])c1ccccc1-c1cn2c(n1)CC=C2CCl. The molecule has 2 aliphatic rings. The molecule has 6 aromatic rings. The highest BCUT2D eigenvalue weighted by Crippen LogP contribution is 2.33. The van der Waals surface area contributed by atoms with Crippen molar-refractivity contribution in [2.24, 2.45) is 0 Å². The van der Waals surface area contributed by atoms with Gasteiger partial charge < -0.3 is 9.47 Å². The Hall–Kier alpha value is -5.70. The molecule has 1 amide bonds. The zero-order chi connectivity index (χ0) is 35.5. The van der Waals surface area contributed by atoms with Crippen molar-refractivity contribution in [2.75, 3.05) is 25.5 Å². The molecule has 51 heavy (non-hydrogen) atoms. The summed E-state index contributed by atoms with van der Waals surface area (Å²) < 4.78 is 3.83. The molecule has 1 fully saturated rings. The molecule has 0 aliphatic carbocycles. The fourth-order valence-electron chi connectivity index (χ4n) is 6.24. The first-order chi connectivity index (χ1) is 24.8. The van der Waals surface area contributed by atoms with Gasteiger partial charge in [0.05, 0.1) is 57.0 Å². The summed E-state index contributed by atoms with van der Waals surface area (Å²) in [6, 6.07) is 23.4. The van der Waals surface area contributed by atoms with Crippen molar-refractivity contribution >= 4 is 50.9 Å². The van der Waals surface area contributed by atoms with Crippen LogP contribution in [0.2, 0.25) is 0 Å². The molecule has 3 aromatic heterocycles. The summed E-state index contributed by atoms with van der Waals surface area (Å²) in [7, 11) is 0. The van der Waals surface area contributed by atoms with Crippen molar-refractivity contribution in [1.29, 1.82) is 0 Å². The maximum absolute atomic E-state index is 12.8. The minimum Gasteiger partial charge on any atom is -0.334 e. The summed E-state index contributed by atoms with van der Waals surface area (Å²) in [5.41, 5.74) is 5.41. The fraction of sp³-hybridized carbons (Fsp3) is 0.194. The van der Waals surface area contributed by atoms with E-state index in [4.69, 9.17) is 11.6 Å². The molecule has 0 radical (unpaired) electrons. The smallest absolute Gasteiger partial charge is 0.278 e. The molecule has 3 aromatic carbocycles. The first-order valence-corrected chi connectivity index (χ1v) is 17.5. The Morgan fingerprint density at radius 1 is 0.804 bits per heavy atom. The number of carbonyl (C=O) groups excluding carboxylic acids is 1. The minimum absolute atomic E-state index is 0.0320. The molecule has 0 saturated carbocycles. The number of carbonyl (C=O) groups is 1. The topological polar surface area (TPSA) is 145 Å². The lowest BCUT2D eigenvalue weighted by molar-refractivity contribution is -0.384. The number of para-hydroxylation sites is 2. The molecule has 0 N–H and O–H groups in total. The van der Waals surface area contributed by atoms with Crippen molar-refractivity contribution in [3.05, 3.63) is 140 Å². The highest BCUT2D eigenvalue weighted by Gasteiger charge is 2.26. The number of fused-ring (bicyclic) bond motifs is 2. The second-order valence-electron chi connectivity index (χ2n) is 12.0. The second-order valence-corrected chi connectivity index (χ2v) is 13.1. The number of benzene rings is 3. The van der Waals surface area contributed by atoms with Gasteiger partial charge in [0, 0.05) is 61.7 Å². The highest BCUT2D eigenvalue weighted by molar-refractivity contribution is 7.15. The third-order valence-corrected chi connectivity index (χ3v) is 9.94. The number of hydrogen-bond acceptors (Lipinski definition) is 9. The average Bonchev–Trinajstić information content (AvgIpc) is 3.93. The molecule has 0 unspecified atom stereocenters. The number of rotatable bonds is 9. The molecular weight excluding hydrogens is 692 g/mol. The van der Waals surface area contributed by atoms with Gasteiger partial charge in [-0.25, -0.2) is 9.97 Å². The molecule has 8 rings (SSSR count). The van der Waals surface area contributed by atoms with Crippen LogP contribution in [0.3, 0.4) is 0 Å². The summed E-state index contributed by atoms with van der Waals surface area (Å²) in [6.07, 6.45) is 6.35. The van der Waals surface area contributed by atoms with Crippen molar-refractivity contribution in [3.63, 3.8) is 0 Å². The number of halogens is 1. The molecule has 0 bridgehead atoms. The zero-order valence-corrected chi connectivity index (χ0v) is 28.7. The first-order valence-electron chi connectivity index (χ1n) is 16.1. The fourth-order valence-corrected chi connectivity index (χ4v) is 7.34. The van der Waals surface area contributed by atoms with E-state index in [2.05, 4.69) is 27.0 Å². The average molecular weight is 723 g/mol. The summed E-state index contributed by atoms with van der Waals surface area (Å²) in [5, 5.41) is 24.4. The predicted molar refractivity (Wildman–Crippen MR) is 195 cm³/mol. The Labute approximate surface area is 301 Å². The van der Waals surface area contributed by atoms with Crippen LogP contribution in [0.25, 0.3) is 33.2 Å². The van der Waals surface area contributed by atoms with E-state index in [0.29, 0.717) is 54.4 Å². The molecule has 0 atom stereocenters. The van der Waals surface area contributed by atoms with Crippen LogP contribution < -0.4 is 0 Å². The maximum Gasteiger partial charge on any atom is 0.278 e. The van der Waals surface area contributed by atoms with E-state index in [1.807, 2.05) is 49.7 Å². The third-order valence-electron chi connectivity index (χ3n) is 8.78. The number of nitro groups is 2. The standard InChI is InChI=1S/C23H21N5O3S.C13H10ClN3O2/c29-22-15-25(12-17-6-2-1-3-7-17)10-11-26(22)13-18-16-32-23-24-20(14-27(18)23)19-8-4-5-9-21(19)28(30)31;14-7-9-5-6-13-15-11(8-16(9)13)10-3-1-2-4-12(10)17(18)19/h1-9,14,16H,10-13,15H2;1-5,8H,6-7H2. The lowest BCUT2D eigenvalue weighted by Gasteiger charge is -2.34. The van der Waals surface area contributed by atoms with Crippen LogP contribution in [-0.4, -0.2) is 70.0 Å². The van der Waals surface area contributed by atoms with E-state index < -0.39 is 9.85 Å². The summed E-state index contributed by atoms with van der Waals surface area (Å²) in [4.78, 5) is 48.2. The van der Waals surface area contributed by atoms with Gasteiger partial charge in [0.2, 0.25) is 5.91 Å². The lowest BCUT2D eigenvalue weighted by Crippen LogP contribution is -2.49. The number of thiazole rings is 1. The number of amides is 1. The van der Waals surface area contributed by atoms with E-state index in [-0.39, 0.29) is 17.3 Å². The van der Waals surface area contributed by atoms with E-state index in [1.54, 1.807) is 42.6 Å². The normalized spacial score (nSPS) is 14.3. The van der Waals surface area contributed by atoms with Crippen LogP contribution in [0.5, 0.6) is 0 Å². The number of imidazole rings is 2. The summed E-state index contributed by atoms with van der Waals surface area (Å²) in [6.45, 7) is 3.14. The van der Waals surface area contributed by atoms with Crippen LogP contribution >= 0.6 is 22.9 Å². The van der Waals surface area contributed by atoms with Crippen molar-refractivity contribution in [1.82, 2.24) is 28.7 Å². The van der Waals surface area contributed by atoms with Crippen LogP contribution in [-0.2, 0) is 24.3 Å². The van der Waals surface area contributed by atoms with Gasteiger partial charge in [-0.2, -0.15) is 0 Å². The largest absolute Gasteiger partial charge is 0.334 e. The van der Waals surface area contributed by atoms with E-state index in [0.717, 1.165) is 35.3 Å². The molecule has 13 nitrogen and oxygen atoms in total. The lowest BCUT2D eigenvalue weighted by atomic mass is 10.1. The maximum atomic E-state index is 12.8. The number of piperazine rings is 1. The summed E-state index contributed by atoms with van der Waals surface area (Å²) in [5.74, 6) is 1.37. The van der Waals surface area contributed by atoms with Crippen molar-refractivity contribution in [3.8, 4) is 22.5 Å². The third kappa shape index (κ3) is 7.15. The molecule has 2 aliphatic heterocycles. The Morgan fingerprint density at radius 3 is 2.10 bits per heavy atom. The Morgan fingerprint density at radius 2 is 1.45 bits per heavy atom. The number of nitrogens with zero attached hydrogens (tertiary/aromatic N) is 8. The molecule has 258 valence electrons. The first kappa shape index (κ1) is 33.8. The molecule has 15 heteroatoms. The predicted octanol–water partition coefficient (Wildman–Crippen LogP) is 6.91. The Balaban J connectivity index is 0.000000182. The summed E-state index contributed by atoms with van der Waals surface area (Å²) >= 11 is 7.32. The number of allylic oxidation sites excluding steroid dienone is 2. The van der Waals surface area contributed by atoms with Gasteiger partial charge in [-0.15, -0.1) is 22.9 Å². The number of alkyl halides is 1.